The van der Waals surface area contributed by atoms with E-state index in [1.54, 1.807) is 0 Å². The third-order valence-corrected chi connectivity index (χ3v) is 4.97. The van der Waals surface area contributed by atoms with Crippen LogP contribution in [0, 0.1) is 6.92 Å². The van der Waals surface area contributed by atoms with Gasteiger partial charge in [-0.3, -0.25) is 0 Å². The summed E-state index contributed by atoms with van der Waals surface area (Å²) in [7, 11) is 2.13. The molecule has 0 radical (unpaired) electrons. The second-order valence-corrected chi connectivity index (χ2v) is 6.43. The average Bonchev–Trinajstić information content (AvgIpc) is 3.11. The molecular weight excluding hydrogens is 294 g/mol. The first-order chi connectivity index (χ1) is 11.7. The maximum Gasteiger partial charge on any atom is 0.287 e. The summed E-state index contributed by atoms with van der Waals surface area (Å²) in [6.45, 7) is 2.15. The van der Waals surface area contributed by atoms with Gasteiger partial charge >= 0.3 is 0 Å². The second-order valence-electron chi connectivity index (χ2n) is 6.43. The lowest BCUT2D eigenvalue weighted by Gasteiger charge is -1.99. The van der Waals surface area contributed by atoms with Gasteiger partial charge in [-0.15, -0.1) is 0 Å². The van der Waals surface area contributed by atoms with E-state index in [1.807, 2.05) is 0 Å². The van der Waals surface area contributed by atoms with Gasteiger partial charge in [0, 0.05) is 22.4 Å². The SMILES string of the molecule is Cc1ccccc1-c1[nH]c2cc3[nH]c4ccccc4c3cc2[n+]1C. The third kappa shape index (κ3) is 1.75. The Morgan fingerprint density at radius 1 is 0.750 bits per heavy atom. The Bertz CT molecular complexity index is 1220. The van der Waals surface area contributed by atoms with E-state index in [1.165, 1.54) is 38.4 Å². The lowest BCUT2D eigenvalue weighted by molar-refractivity contribution is -0.633. The number of aromatic nitrogens is 3. The number of rotatable bonds is 1. The first-order valence-corrected chi connectivity index (χ1v) is 8.20. The number of imidazole rings is 1. The molecular formula is C21H18N3+. The second kappa shape index (κ2) is 4.71. The molecule has 3 heteroatoms. The molecule has 0 aliphatic rings. The zero-order chi connectivity index (χ0) is 16.3. The van der Waals surface area contributed by atoms with Crippen LogP contribution in [-0.2, 0) is 7.05 Å². The van der Waals surface area contributed by atoms with E-state index < -0.39 is 0 Å². The van der Waals surface area contributed by atoms with E-state index in [9.17, 15) is 0 Å². The van der Waals surface area contributed by atoms with Gasteiger partial charge in [-0.1, -0.05) is 36.4 Å². The molecule has 0 fully saturated rings. The fraction of sp³-hybridized carbons (Fsp3) is 0.0952. The first kappa shape index (κ1) is 13.4. The molecule has 0 aliphatic heterocycles. The smallest absolute Gasteiger partial charge is 0.287 e. The van der Waals surface area contributed by atoms with Crippen molar-refractivity contribution in [3.8, 4) is 11.4 Å². The molecule has 0 aliphatic carbocycles. The fourth-order valence-electron chi connectivity index (χ4n) is 3.68. The van der Waals surface area contributed by atoms with Crippen LogP contribution in [-0.4, -0.2) is 9.97 Å². The summed E-state index contributed by atoms with van der Waals surface area (Å²) in [5, 5.41) is 2.54. The zero-order valence-electron chi connectivity index (χ0n) is 13.7. The first-order valence-electron chi connectivity index (χ1n) is 8.20. The van der Waals surface area contributed by atoms with Gasteiger partial charge in [0.15, 0.2) is 11.0 Å². The highest BCUT2D eigenvalue weighted by Gasteiger charge is 2.20. The summed E-state index contributed by atoms with van der Waals surface area (Å²) in [5.74, 6) is 1.14. The molecule has 0 unspecified atom stereocenters. The molecule has 2 heterocycles. The molecule has 0 saturated heterocycles. The molecule has 3 nitrogen and oxygen atoms in total. The highest BCUT2D eigenvalue weighted by atomic mass is 15.1. The lowest BCUT2D eigenvalue weighted by atomic mass is 10.1. The number of benzene rings is 3. The Labute approximate surface area is 139 Å². The molecule has 2 N–H and O–H groups in total. The van der Waals surface area contributed by atoms with Crippen LogP contribution >= 0.6 is 0 Å². The van der Waals surface area contributed by atoms with Crippen molar-refractivity contribution in [1.82, 2.24) is 9.97 Å². The van der Waals surface area contributed by atoms with Gasteiger partial charge in [-0.25, -0.2) is 9.55 Å². The monoisotopic (exact) mass is 312 g/mol. The number of nitrogens with one attached hydrogen (secondary N) is 2. The molecule has 2 aromatic heterocycles. The van der Waals surface area contributed by atoms with Crippen molar-refractivity contribution in [1.29, 1.82) is 0 Å². The van der Waals surface area contributed by atoms with Gasteiger partial charge in [0.2, 0.25) is 0 Å². The number of para-hydroxylation sites is 1. The van der Waals surface area contributed by atoms with Crippen LogP contribution in [0.1, 0.15) is 5.56 Å². The molecule has 5 rings (SSSR count). The molecule has 3 aromatic carbocycles. The largest absolute Gasteiger partial charge is 0.354 e. The van der Waals surface area contributed by atoms with Gasteiger partial charge in [0.1, 0.15) is 0 Å². The molecule has 0 spiro atoms. The number of H-pyrrole nitrogens is 2. The fourth-order valence-corrected chi connectivity index (χ4v) is 3.68. The normalized spacial score (nSPS) is 11.8. The Kier molecular flexibility index (Phi) is 2.63. The maximum atomic E-state index is 3.60. The molecule has 5 aromatic rings. The number of hydrogen-bond acceptors (Lipinski definition) is 0. The van der Waals surface area contributed by atoms with Crippen molar-refractivity contribution < 1.29 is 4.57 Å². The highest BCUT2D eigenvalue weighted by Crippen LogP contribution is 2.29. The maximum absolute atomic E-state index is 3.60. The summed E-state index contributed by atoms with van der Waals surface area (Å²) in [6, 6.07) is 21.4. The zero-order valence-corrected chi connectivity index (χ0v) is 13.7. The summed E-state index contributed by atoms with van der Waals surface area (Å²) < 4.78 is 2.25. The molecule has 116 valence electrons. The van der Waals surface area contributed by atoms with E-state index in [2.05, 4.69) is 89.2 Å². The van der Waals surface area contributed by atoms with E-state index in [4.69, 9.17) is 0 Å². The van der Waals surface area contributed by atoms with Crippen LogP contribution < -0.4 is 4.57 Å². The van der Waals surface area contributed by atoms with Crippen molar-refractivity contribution in [2.45, 2.75) is 6.92 Å². The number of aromatic amines is 2. The number of nitrogens with zero attached hydrogens (tertiary/aromatic N) is 1. The molecule has 0 atom stereocenters. The van der Waals surface area contributed by atoms with Crippen LogP contribution in [0.4, 0.5) is 0 Å². The number of hydrogen-bond donors (Lipinski definition) is 2. The average molecular weight is 312 g/mol. The predicted octanol–water partition coefficient (Wildman–Crippen LogP) is 4.60. The minimum absolute atomic E-state index is 1.14. The van der Waals surface area contributed by atoms with Crippen molar-refractivity contribution in [2.75, 3.05) is 0 Å². The Morgan fingerprint density at radius 2 is 1.54 bits per heavy atom. The quantitative estimate of drug-likeness (QED) is 0.424. The van der Waals surface area contributed by atoms with Gasteiger partial charge < -0.3 is 4.98 Å². The van der Waals surface area contributed by atoms with Crippen molar-refractivity contribution >= 4 is 32.8 Å². The topological polar surface area (TPSA) is 35.5 Å². The van der Waals surface area contributed by atoms with E-state index in [0.29, 0.717) is 0 Å². The molecule has 0 amide bonds. The minimum Gasteiger partial charge on any atom is -0.354 e. The Balaban J connectivity index is 1.86. The van der Waals surface area contributed by atoms with Gasteiger partial charge in [0.05, 0.1) is 18.1 Å². The molecule has 0 saturated carbocycles. The molecule has 0 bridgehead atoms. The molecule has 24 heavy (non-hydrogen) atoms. The van der Waals surface area contributed by atoms with Crippen LogP contribution in [0.25, 0.3) is 44.2 Å². The van der Waals surface area contributed by atoms with Gasteiger partial charge in [-0.05, 0) is 30.7 Å². The van der Waals surface area contributed by atoms with E-state index in [-0.39, 0.29) is 0 Å². The van der Waals surface area contributed by atoms with Crippen LogP contribution in [0.15, 0.2) is 60.7 Å². The van der Waals surface area contributed by atoms with E-state index >= 15 is 0 Å². The van der Waals surface area contributed by atoms with Crippen molar-refractivity contribution in [2.24, 2.45) is 7.05 Å². The van der Waals surface area contributed by atoms with Crippen LogP contribution in [0.3, 0.4) is 0 Å². The lowest BCUT2D eigenvalue weighted by Crippen LogP contribution is -2.29. The minimum atomic E-state index is 1.14. The Morgan fingerprint density at radius 3 is 2.42 bits per heavy atom. The van der Waals surface area contributed by atoms with Gasteiger partial charge in [-0.2, -0.15) is 0 Å². The number of aryl methyl sites for hydroxylation is 2. The summed E-state index contributed by atoms with van der Waals surface area (Å²) in [4.78, 5) is 7.12. The third-order valence-electron chi connectivity index (χ3n) is 4.97. The van der Waals surface area contributed by atoms with Crippen LogP contribution in [0.2, 0.25) is 0 Å². The van der Waals surface area contributed by atoms with E-state index in [0.717, 1.165) is 11.3 Å². The number of fused-ring (bicyclic) bond motifs is 4. The van der Waals surface area contributed by atoms with Crippen molar-refractivity contribution in [3.05, 3.63) is 66.2 Å². The highest BCUT2D eigenvalue weighted by molar-refractivity contribution is 6.10. The predicted molar refractivity (Wildman–Crippen MR) is 99.0 cm³/mol. The Hall–Kier alpha value is -3.07. The summed E-state index contributed by atoms with van der Waals surface area (Å²) in [5.41, 5.74) is 7.23. The van der Waals surface area contributed by atoms with Crippen LogP contribution in [0.5, 0.6) is 0 Å². The summed E-state index contributed by atoms with van der Waals surface area (Å²) >= 11 is 0. The van der Waals surface area contributed by atoms with Gasteiger partial charge in [0.25, 0.3) is 5.82 Å². The summed E-state index contributed by atoms with van der Waals surface area (Å²) in [6.07, 6.45) is 0. The standard InChI is InChI=1S/C21H17N3/c1-13-7-3-4-8-14(13)21-23-19-12-18-16(11-20(19)24(21)2)15-9-5-6-10-17(15)22-18/h3-12,22H,1-2H3/p+1. The van der Waals surface area contributed by atoms with Crippen molar-refractivity contribution in [3.63, 3.8) is 0 Å².